The number of fused-ring (bicyclic) bond motifs is 1. The van der Waals surface area contributed by atoms with Gasteiger partial charge >= 0.3 is 0 Å². The van der Waals surface area contributed by atoms with E-state index in [2.05, 4.69) is 59.7 Å². The number of likely N-dealkylation sites (N-methyl/N-ethyl adjacent to an activating group) is 1. The quantitative estimate of drug-likeness (QED) is 0.454. The minimum absolute atomic E-state index is 0.0168. The number of likely N-dealkylation sites (tertiary alicyclic amines) is 1. The van der Waals surface area contributed by atoms with E-state index in [1.807, 2.05) is 27.7 Å². The smallest absolute Gasteiger partial charge is 0.245 e. The van der Waals surface area contributed by atoms with Crippen molar-refractivity contribution < 1.29 is 9.53 Å². The fourth-order valence-corrected chi connectivity index (χ4v) is 6.28. The third-order valence-corrected chi connectivity index (χ3v) is 8.46. The van der Waals surface area contributed by atoms with Crippen LogP contribution in [0.1, 0.15) is 30.1 Å². The highest BCUT2D eigenvalue weighted by atomic mass is 16.5. The van der Waals surface area contributed by atoms with E-state index in [1.54, 1.807) is 7.11 Å². The molecule has 0 bridgehead atoms. The predicted molar refractivity (Wildman–Crippen MR) is 151 cm³/mol. The number of hydrogen-bond acceptors (Lipinski definition) is 7. The Morgan fingerprint density at radius 3 is 2.74 bits per heavy atom. The normalized spacial score (nSPS) is 21.9. The summed E-state index contributed by atoms with van der Waals surface area (Å²) in [5.41, 5.74) is 16.7. The SMILES string of the molecule is C=CC(=O)N1CC2(CC(n3nc(-c4ccc5nn(CCOC)cc5c4)c(/C=C4/C(=C)NN(C)C4N)c3C)C2)C1. The molecule has 2 aliphatic heterocycles. The molecule has 1 spiro atoms. The summed E-state index contributed by atoms with van der Waals surface area (Å²) in [4.78, 5) is 13.8. The van der Waals surface area contributed by atoms with Gasteiger partial charge in [0.2, 0.25) is 5.91 Å². The number of nitrogens with zero attached hydrogens (tertiary/aromatic N) is 6. The molecule has 1 unspecified atom stereocenters. The number of amides is 1. The van der Waals surface area contributed by atoms with E-state index in [9.17, 15) is 4.79 Å². The van der Waals surface area contributed by atoms with Gasteiger partial charge in [0, 0.05) is 72.3 Å². The van der Waals surface area contributed by atoms with Gasteiger partial charge in [0.25, 0.3) is 0 Å². The minimum Gasteiger partial charge on any atom is -0.383 e. The van der Waals surface area contributed by atoms with E-state index < -0.39 is 0 Å². The summed E-state index contributed by atoms with van der Waals surface area (Å²) in [6.07, 6.45) is 7.30. The topological polar surface area (TPSA) is 106 Å². The van der Waals surface area contributed by atoms with Gasteiger partial charge < -0.3 is 20.8 Å². The molecule has 4 heterocycles. The first-order chi connectivity index (χ1) is 18.7. The predicted octanol–water partition coefficient (Wildman–Crippen LogP) is 2.84. The van der Waals surface area contributed by atoms with Crippen molar-refractivity contribution in [2.75, 3.05) is 33.9 Å². The highest BCUT2D eigenvalue weighted by Gasteiger charge is 2.54. The molecule has 10 nitrogen and oxygen atoms in total. The Bertz CT molecular complexity index is 1500. The van der Waals surface area contributed by atoms with Crippen molar-refractivity contribution in [2.24, 2.45) is 11.1 Å². The van der Waals surface area contributed by atoms with Crippen LogP contribution < -0.4 is 11.2 Å². The molecule has 1 aliphatic carbocycles. The number of methoxy groups -OCH3 is 1. The van der Waals surface area contributed by atoms with Crippen LogP contribution in [0.4, 0.5) is 0 Å². The van der Waals surface area contributed by atoms with Gasteiger partial charge in [-0.15, -0.1) is 0 Å². The van der Waals surface area contributed by atoms with Crippen molar-refractivity contribution in [2.45, 2.75) is 38.5 Å². The number of carbonyl (C=O) groups is 1. The zero-order valence-corrected chi connectivity index (χ0v) is 22.9. The van der Waals surface area contributed by atoms with Crippen LogP contribution in [0.3, 0.4) is 0 Å². The van der Waals surface area contributed by atoms with Gasteiger partial charge in [-0.2, -0.15) is 10.2 Å². The fraction of sp³-hybridized carbons (Fsp3) is 0.414. The maximum atomic E-state index is 12.0. The monoisotopic (exact) mass is 528 g/mol. The molecule has 1 aromatic carbocycles. The van der Waals surface area contributed by atoms with Crippen molar-refractivity contribution in [3.8, 4) is 11.3 Å². The maximum absolute atomic E-state index is 12.0. The molecule has 3 fully saturated rings. The van der Waals surface area contributed by atoms with E-state index in [1.165, 1.54) is 6.08 Å². The lowest BCUT2D eigenvalue weighted by molar-refractivity contribution is -0.149. The van der Waals surface area contributed by atoms with E-state index in [0.717, 1.165) is 70.6 Å². The van der Waals surface area contributed by atoms with Gasteiger partial charge in [0.05, 0.1) is 30.4 Å². The summed E-state index contributed by atoms with van der Waals surface area (Å²) in [5, 5.41) is 12.8. The molecule has 0 radical (unpaired) electrons. The van der Waals surface area contributed by atoms with Gasteiger partial charge in [0.15, 0.2) is 0 Å². The Kier molecular flexibility index (Phi) is 6.21. The Balaban J connectivity index is 1.36. The standard InChI is InChI=1S/C29H36N8O2/c1-6-26(38)35-16-29(17-35)13-22(14-29)37-19(3)24(12-23-18(2)31-34(4)28(23)30)27(33-37)20-7-8-25-21(11-20)15-36(32-25)9-10-39-5/h6-8,11-12,15,22,28,31H,1-2,9-10,13-14,16-17,30H2,3-5H3/b23-12-. The average molecular weight is 529 g/mol. The van der Waals surface area contributed by atoms with Crippen molar-refractivity contribution in [1.82, 2.24) is 34.9 Å². The summed E-state index contributed by atoms with van der Waals surface area (Å²) in [6.45, 7) is 12.8. The van der Waals surface area contributed by atoms with Crippen LogP contribution in [0.2, 0.25) is 0 Å². The number of nitrogens with one attached hydrogen (secondary N) is 1. The van der Waals surface area contributed by atoms with Crippen LogP contribution in [0.25, 0.3) is 28.2 Å². The van der Waals surface area contributed by atoms with E-state index in [-0.39, 0.29) is 17.5 Å². The summed E-state index contributed by atoms with van der Waals surface area (Å²) in [7, 11) is 3.61. The van der Waals surface area contributed by atoms with Crippen LogP contribution in [-0.2, 0) is 16.1 Å². The first-order valence-electron chi connectivity index (χ1n) is 13.3. The Labute approximate surface area is 228 Å². The van der Waals surface area contributed by atoms with Crippen LogP contribution in [-0.4, -0.2) is 75.4 Å². The molecule has 1 saturated carbocycles. The molecule has 10 heteroatoms. The molecule has 2 aromatic heterocycles. The van der Waals surface area contributed by atoms with E-state index in [4.69, 9.17) is 15.6 Å². The summed E-state index contributed by atoms with van der Waals surface area (Å²) in [5.74, 6) is 0.0168. The minimum atomic E-state index is -0.301. The van der Waals surface area contributed by atoms with Crippen molar-refractivity contribution >= 4 is 22.9 Å². The first-order valence-corrected chi connectivity index (χ1v) is 13.3. The molecule has 39 heavy (non-hydrogen) atoms. The second-order valence-electron chi connectivity index (χ2n) is 11.2. The fourth-order valence-electron chi connectivity index (χ4n) is 6.28. The third kappa shape index (κ3) is 4.28. The Hall–Kier alpha value is -3.73. The summed E-state index contributed by atoms with van der Waals surface area (Å²) >= 11 is 0. The zero-order chi connectivity index (χ0) is 27.5. The number of carbonyl (C=O) groups excluding carboxylic acids is 1. The van der Waals surface area contributed by atoms with Crippen molar-refractivity contribution in [3.05, 3.63) is 66.2 Å². The van der Waals surface area contributed by atoms with Crippen molar-refractivity contribution in [1.29, 1.82) is 0 Å². The lowest BCUT2D eigenvalue weighted by Crippen LogP contribution is -2.63. The zero-order valence-electron chi connectivity index (χ0n) is 22.9. The van der Waals surface area contributed by atoms with Gasteiger partial charge in [0.1, 0.15) is 6.17 Å². The van der Waals surface area contributed by atoms with E-state index >= 15 is 0 Å². The first kappa shape index (κ1) is 25.5. The summed E-state index contributed by atoms with van der Waals surface area (Å²) < 4.78 is 9.31. The Morgan fingerprint density at radius 1 is 1.31 bits per heavy atom. The second-order valence-corrected chi connectivity index (χ2v) is 11.2. The lowest BCUT2D eigenvalue weighted by atomic mass is 9.60. The largest absolute Gasteiger partial charge is 0.383 e. The van der Waals surface area contributed by atoms with Gasteiger partial charge in [-0.1, -0.05) is 19.2 Å². The van der Waals surface area contributed by atoms with Crippen LogP contribution in [0.15, 0.2) is 54.9 Å². The highest BCUT2D eigenvalue weighted by Crippen LogP contribution is 2.54. The molecule has 3 N–H and O–H groups in total. The number of benzene rings is 1. The van der Waals surface area contributed by atoms with E-state index in [0.29, 0.717) is 19.2 Å². The number of nitrogens with two attached hydrogens (primary N) is 1. The second kappa shape index (κ2) is 9.48. The van der Waals surface area contributed by atoms with Gasteiger partial charge in [-0.25, -0.2) is 5.01 Å². The van der Waals surface area contributed by atoms with Crippen LogP contribution in [0.5, 0.6) is 0 Å². The highest BCUT2D eigenvalue weighted by molar-refractivity contribution is 5.88. The van der Waals surface area contributed by atoms with Crippen molar-refractivity contribution in [3.63, 3.8) is 0 Å². The van der Waals surface area contributed by atoms with Gasteiger partial charge in [-0.05, 0) is 44.1 Å². The average Bonchev–Trinajstić information content (AvgIpc) is 3.50. The maximum Gasteiger partial charge on any atom is 0.245 e. The molecular formula is C29H36N8O2. The number of ether oxygens (including phenoxy) is 1. The molecule has 3 aliphatic rings. The molecule has 2 saturated heterocycles. The van der Waals surface area contributed by atoms with Crippen LogP contribution >= 0.6 is 0 Å². The number of hydrogen-bond donors (Lipinski definition) is 2. The molecule has 1 atom stereocenters. The number of rotatable bonds is 7. The molecule has 204 valence electrons. The molecule has 6 rings (SSSR count). The molecular weight excluding hydrogens is 492 g/mol. The number of hydrazine groups is 1. The third-order valence-electron chi connectivity index (χ3n) is 8.46. The summed E-state index contributed by atoms with van der Waals surface area (Å²) in [6, 6.07) is 6.58. The van der Waals surface area contributed by atoms with Gasteiger partial charge in [-0.3, -0.25) is 14.2 Å². The molecule has 3 aromatic rings. The number of aromatic nitrogens is 4. The lowest BCUT2D eigenvalue weighted by Gasteiger charge is -2.58. The van der Waals surface area contributed by atoms with Crippen LogP contribution in [0, 0.1) is 12.3 Å². The Morgan fingerprint density at radius 2 is 2.08 bits per heavy atom. The molecule has 1 amide bonds.